The molecular weight excluding hydrogens is 374 g/mol. The largest absolute Gasteiger partial charge is 0.346 e. The van der Waals surface area contributed by atoms with Crippen LogP contribution in [0.5, 0.6) is 0 Å². The van der Waals surface area contributed by atoms with Crippen molar-refractivity contribution in [3.8, 4) is 0 Å². The molecule has 2 rings (SSSR count). The van der Waals surface area contributed by atoms with Gasteiger partial charge >= 0.3 is 0 Å². The van der Waals surface area contributed by atoms with Crippen LogP contribution in [-0.4, -0.2) is 24.0 Å². The Bertz CT molecular complexity index is 798. The summed E-state index contributed by atoms with van der Waals surface area (Å²) < 4.78 is 27.4. The molecule has 1 aromatic heterocycles. The molecule has 0 aliphatic carbocycles. The van der Waals surface area contributed by atoms with Gasteiger partial charge in [0.05, 0.1) is 11.0 Å². The zero-order valence-electron chi connectivity index (χ0n) is 14.6. The number of hydrogen-bond acceptors (Lipinski definition) is 2. The molecule has 0 N–H and O–H groups in total. The molecule has 2 aromatic rings. The summed E-state index contributed by atoms with van der Waals surface area (Å²) in [5.41, 5.74) is 2.56. The van der Waals surface area contributed by atoms with Crippen molar-refractivity contribution in [3.63, 3.8) is 0 Å². The molecule has 0 aliphatic rings. The molecule has 5 heteroatoms. The van der Waals surface area contributed by atoms with Gasteiger partial charge in [-0.3, -0.25) is 0 Å². The fourth-order valence-corrected chi connectivity index (χ4v) is 3.99. The number of sulfone groups is 1. The molecule has 0 radical (unpaired) electrons. The maximum absolute atomic E-state index is 12.1. The van der Waals surface area contributed by atoms with E-state index in [1.807, 2.05) is 6.07 Å². The average molecular weight is 400 g/mol. The van der Waals surface area contributed by atoms with E-state index in [4.69, 9.17) is 0 Å². The van der Waals surface area contributed by atoms with Gasteiger partial charge in [0.2, 0.25) is 0 Å². The second-order valence-corrected chi connectivity index (χ2v) is 11.3. The van der Waals surface area contributed by atoms with Crippen LogP contribution in [0.25, 0.3) is 10.9 Å². The smallest absolute Gasteiger partial charge is 0.154 e. The third-order valence-electron chi connectivity index (χ3n) is 3.98. The van der Waals surface area contributed by atoms with E-state index in [1.165, 1.54) is 10.9 Å². The molecule has 0 saturated heterocycles. The van der Waals surface area contributed by atoms with Crippen LogP contribution in [0.3, 0.4) is 0 Å². The zero-order chi connectivity index (χ0) is 17.4. The molecule has 0 atom stereocenters. The van der Waals surface area contributed by atoms with E-state index < -0.39 is 9.84 Å². The first-order valence-electron chi connectivity index (χ1n) is 7.98. The molecule has 128 valence electrons. The van der Waals surface area contributed by atoms with Gasteiger partial charge in [-0.05, 0) is 49.4 Å². The Morgan fingerprint density at radius 1 is 1.22 bits per heavy atom. The van der Waals surface area contributed by atoms with Crippen LogP contribution in [0.1, 0.15) is 40.2 Å². The van der Waals surface area contributed by atoms with Crippen molar-refractivity contribution in [2.45, 2.75) is 52.8 Å². The second kappa shape index (κ2) is 6.60. The van der Waals surface area contributed by atoms with Crippen molar-refractivity contribution < 1.29 is 8.42 Å². The number of benzene rings is 1. The predicted octanol–water partition coefficient (Wildman–Crippen LogP) is 4.82. The molecule has 23 heavy (non-hydrogen) atoms. The minimum atomic E-state index is -3.03. The van der Waals surface area contributed by atoms with E-state index in [2.05, 4.69) is 59.6 Å². The van der Waals surface area contributed by atoms with Crippen LogP contribution in [-0.2, 0) is 22.8 Å². The number of rotatable bonds is 5. The maximum atomic E-state index is 12.1. The molecule has 1 aromatic carbocycles. The molecule has 0 spiro atoms. The lowest BCUT2D eigenvalue weighted by Crippen LogP contribution is -2.20. The quantitative estimate of drug-likeness (QED) is 0.722. The van der Waals surface area contributed by atoms with Crippen LogP contribution < -0.4 is 0 Å². The summed E-state index contributed by atoms with van der Waals surface area (Å²) in [6.07, 6.45) is 3.09. The monoisotopic (exact) mass is 399 g/mol. The number of hydrogen-bond donors (Lipinski definition) is 0. The average Bonchev–Trinajstić information content (AvgIpc) is 2.72. The number of aryl methyl sites for hydroxylation is 1. The Morgan fingerprint density at radius 3 is 2.43 bits per heavy atom. The highest BCUT2D eigenvalue weighted by Gasteiger charge is 2.19. The van der Waals surface area contributed by atoms with E-state index in [9.17, 15) is 8.42 Å². The fourth-order valence-electron chi connectivity index (χ4n) is 2.70. The molecule has 3 nitrogen and oxygen atoms in total. The summed E-state index contributed by atoms with van der Waals surface area (Å²) in [5.74, 6) is 0.180. The molecular formula is C18H26BrNO2S. The lowest BCUT2D eigenvalue weighted by atomic mass is 9.88. The highest BCUT2D eigenvalue weighted by Crippen LogP contribution is 2.30. The first kappa shape index (κ1) is 18.5. The first-order valence-corrected chi connectivity index (χ1v) is 10.5. The van der Waals surface area contributed by atoms with Crippen LogP contribution in [0.4, 0.5) is 0 Å². The lowest BCUT2D eigenvalue weighted by molar-refractivity contribution is 0.412. The minimum Gasteiger partial charge on any atom is -0.346 e. The number of nitrogens with zero attached hydrogens (tertiary/aromatic N) is 1. The van der Waals surface area contributed by atoms with E-state index in [1.54, 1.807) is 13.8 Å². The molecule has 0 amide bonds. The normalized spacial score (nSPS) is 13.2. The van der Waals surface area contributed by atoms with Gasteiger partial charge in [0.1, 0.15) is 0 Å². The molecule has 0 bridgehead atoms. The van der Waals surface area contributed by atoms with Gasteiger partial charge in [-0.1, -0.05) is 36.7 Å². The van der Waals surface area contributed by atoms with Gasteiger partial charge in [0.25, 0.3) is 0 Å². The third kappa shape index (κ3) is 4.60. The van der Waals surface area contributed by atoms with Crippen molar-refractivity contribution in [1.29, 1.82) is 0 Å². The highest BCUT2D eigenvalue weighted by molar-refractivity contribution is 9.10. The van der Waals surface area contributed by atoms with Crippen molar-refractivity contribution >= 4 is 36.7 Å². The minimum absolute atomic E-state index is 0.180. The van der Waals surface area contributed by atoms with Gasteiger partial charge in [-0.2, -0.15) is 0 Å². The van der Waals surface area contributed by atoms with Crippen molar-refractivity contribution in [1.82, 2.24) is 4.57 Å². The molecule has 0 unspecified atom stereocenters. The van der Waals surface area contributed by atoms with Gasteiger partial charge in [0, 0.05) is 28.1 Å². The zero-order valence-corrected chi connectivity index (χ0v) is 17.0. The summed E-state index contributed by atoms with van der Waals surface area (Å²) in [6.45, 7) is 10.6. The summed E-state index contributed by atoms with van der Waals surface area (Å²) in [7, 11) is -3.03. The molecule has 0 fully saturated rings. The Balaban J connectivity index is 2.41. The lowest BCUT2D eigenvalue weighted by Gasteiger charge is -2.17. The van der Waals surface area contributed by atoms with Crippen molar-refractivity contribution in [2.75, 3.05) is 5.75 Å². The van der Waals surface area contributed by atoms with Crippen LogP contribution in [0, 0.1) is 5.41 Å². The van der Waals surface area contributed by atoms with Crippen molar-refractivity contribution in [3.05, 3.63) is 34.4 Å². The van der Waals surface area contributed by atoms with E-state index >= 15 is 0 Å². The molecule has 0 aliphatic heterocycles. The third-order valence-corrected chi connectivity index (χ3v) is 6.66. The van der Waals surface area contributed by atoms with Gasteiger partial charge in [-0.25, -0.2) is 8.42 Å². The number of aromatic nitrogens is 1. The topological polar surface area (TPSA) is 39.1 Å². The summed E-state index contributed by atoms with van der Waals surface area (Å²) in [5, 5.41) is 0.878. The Kier molecular flexibility index (Phi) is 5.31. The van der Waals surface area contributed by atoms with Crippen LogP contribution >= 0.6 is 15.9 Å². The first-order chi connectivity index (χ1) is 10.5. The van der Waals surface area contributed by atoms with E-state index in [-0.39, 0.29) is 16.4 Å². The Hall–Kier alpha value is -0.810. The SMILES string of the molecule is CC(C)S(=O)(=O)CCn1cc(CC(C)(C)C)c2cc(Br)ccc21. The Morgan fingerprint density at radius 2 is 1.87 bits per heavy atom. The molecule has 0 saturated carbocycles. The Labute approximate surface area is 148 Å². The van der Waals surface area contributed by atoms with Gasteiger partial charge < -0.3 is 4.57 Å². The van der Waals surface area contributed by atoms with Crippen LogP contribution in [0.15, 0.2) is 28.9 Å². The fraction of sp³-hybridized carbons (Fsp3) is 0.556. The summed E-state index contributed by atoms with van der Waals surface area (Å²) in [4.78, 5) is 0. The van der Waals surface area contributed by atoms with Gasteiger partial charge in [0.15, 0.2) is 9.84 Å². The maximum Gasteiger partial charge on any atom is 0.154 e. The number of fused-ring (bicyclic) bond motifs is 1. The molecule has 1 heterocycles. The summed E-state index contributed by atoms with van der Waals surface area (Å²) >= 11 is 3.54. The van der Waals surface area contributed by atoms with Crippen LogP contribution in [0.2, 0.25) is 0 Å². The number of halogens is 1. The second-order valence-electron chi connectivity index (χ2n) is 7.66. The predicted molar refractivity (Wildman–Crippen MR) is 102 cm³/mol. The van der Waals surface area contributed by atoms with Crippen molar-refractivity contribution in [2.24, 2.45) is 5.41 Å². The standard InChI is InChI=1S/C18H26BrNO2S/c1-13(2)23(21,22)9-8-20-12-14(11-18(3,4)5)16-10-15(19)6-7-17(16)20/h6-7,10,12-13H,8-9,11H2,1-5H3. The highest BCUT2D eigenvalue weighted by atomic mass is 79.9. The van der Waals surface area contributed by atoms with E-state index in [0.29, 0.717) is 6.54 Å². The summed E-state index contributed by atoms with van der Waals surface area (Å²) in [6, 6.07) is 6.20. The van der Waals surface area contributed by atoms with E-state index in [0.717, 1.165) is 16.4 Å². The van der Waals surface area contributed by atoms with Gasteiger partial charge in [-0.15, -0.1) is 0 Å².